The lowest BCUT2D eigenvalue weighted by atomic mass is 10.1. The first kappa shape index (κ1) is 13.8. The average Bonchev–Trinajstić information content (AvgIpc) is 2.46. The van der Waals surface area contributed by atoms with Gasteiger partial charge in [0.1, 0.15) is 23.4 Å². The van der Waals surface area contributed by atoms with Crippen LogP contribution >= 0.6 is 0 Å². The van der Waals surface area contributed by atoms with Crippen molar-refractivity contribution in [2.75, 3.05) is 12.4 Å². The zero-order valence-corrected chi connectivity index (χ0v) is 10.7. The normalized spacial score (nSPS) is 11.5. The quantitative estimate of drug-likeness (QED) is 0.925. The number of benzene rings is 2. The van der Waals surface area contributed by atoms with Crippen molar-refractivity contribution in [3.05, 3.63) is 59.7 Å². The highest BCUT2D eigenvalue weighted by atomic mass is 19.1. The molecule has 0 saturated carbocycles. The molecule has 1 atom stereocenters. The smallest absolute Gasteiger partial charge is 0.143 e. The van der Waals surface area contributed by atoms with E-state index in [1.165, 1.54) is 13.2 Å². The van der Waals surface area contributed by atoms with Gasteiger partial charge in [0, 0.05) is 11.6 Å². The summed E-state index contributed by atoms with van der Waals surface area (Å²) < 4.78 is 31.8. The molecule has 0 aliphatic heterocycles. The van der Waals surface area contributed by atoms with Gasteiger partial charge in [-0.3, -0.25) is 0 Å². The number of hydrogen-bond donors (Lipinski definition) is 1. The van der Waals surface area contributed by atoms with Crippen LogP contribution in [0.4, 0.5) is 14.5 Å². The Balaban J connectivity index is 2.32. The first-order valence-electron chi connectivity index (χ1n) is 5.90. The largest absolute Gasteiger partial charge is 0.495 e. The highest BCUT2D eigenvalue weighted by Crippen LogP contribution is 2.28. The summed E-state index contributed by atoms with van der Waals surface area (Å²) in [6, 6.07) is 11.1. The third-order valence-corrected chi connectivity index (χ3v) is 2.81. The Hall–Kier alpha value is -2.61. The van der Waals surface area contributed by atoms with Gasteiger partial charge < -0.3 is 10.1 Å². The fourth-order valence-corrected chi connectivity index (χ4v) is 1.83. The molecule has 0 aliphatic carbocycles. The maximum atomic E-state index is 13.7. The van der Waals surface area contributed by atoms with Crippen LogP contribution in [0.1, 0.15) is 11.6 Å². The van der Waals surface area contributed by atoms with E-state index in [9.17, 15) is 14.0 Å². The average molecular weight is 274 g/mol. The zero-order chi connectivity index (χ0) is 14.5. The maximum Gasteiger partial charge on any atom is 0.143 e. The van der Waals surface area contributed by atoms with Gasteiger partial charge in [-0.1, -0.05) is 18.2 Å². The molecule has 0 saturated heterocycles. The summed E-state index contributed by atoms with van der Waals surface area (Å²) in [5, 5.41) is 12.1. The van der Waals surface area contributed by atoms with E-state index in [4.69, 9.17) is 4.74 Å². The van der Waals surface area contributed by atoms with Crippen molar-refractivity contribution in [3.63, 3.8) is 0 Å². The highest BCUT2D eigenvalue weighted by molar-refractivity contribution is 5.58. The molecular formula is C15H12F2N2O. The Morgan fingerprint density at radius 2 is 1.95 bits per heavy atom. The molecule has 0 bridgehead atoms. The third kappa shape index (κ3) is 2.86. The van der Waals surface area contributed by atoms with Gasteiger partial charge in [0.2, 0.25) is 0 Å². The van der Waals surface area contributed by atoms with Gasteiger partial charge in [-0.2, -0.15) is 5.26 Å². The molecule has 0 aliphatic rings. The molecule has 20 heavy (non-hydrogen) atoms. The summed E-state index contributed by atoms with van der Waals surface area (Å²) in [5.41, 5.74) is 0.644. The predicted molar refractivity (Wildman–Crippen MR) is 71.3 cm³/mol. The van der Waals surface area contributed by atoms with Gasteiger partial charge in [-0.05, 0) is 18.2 Å². The van der Waals surface area contributed by atoms with Crippen LogP contribution in [0.25, 0.3) is 0 Å². The molecule has 2 aromatic rings. The number of nitriles is 1. The summed E-state index contributed by atoms with van der Waals surface area (Å²) in [7, 11) is 1.50. The monoisotopic (exact) mass is 274 g/mol. The van der Waals surface area contributed by atoms with E-state index < -0.39 is 17.7 Å². The molecule has 0 fully saturated rings. The van der Waals surface area contributed by atoms with E-state index in [2.05, 4.69) is 5.32 Å². The van der Waals surface area contributed by atoms with Crippen LogP contribution in [0, 0.1) is 23.0 Å². The lowest BCUT2D eigenvalue weighted by Crippen LogP contribution is -2.11. The van der Waals surface area contributed by atoms with Crippen LogP contribution in [-0.2, 0) is 0 Å². The molecule has 0 amide bonds. The van der Waals surface area contributed by atoms with Crippen molar-refractivity contribution in [2.45, 2.75) is 6.04 Å². The summed E-state index contributed by atoms with van der Waals surface area (Å²) in [6.45, 7) is 0. The second kappa shape index (κ2) is 6.02. The van der Waals surface area contributed by atoms with E-state index in [1.807, 2.05) is 6.07 Å². The minimum atomic E-state index is -0.938. The van der Waals surface area contributed by atoms with E-state index in [0.29, 0.717) is 11.4 Å². The number of rotatable bonds is 4. The van der Waals surface area contributed by atoms with Gasteiger partial charge in [0.05, 0.1) is 18.9 Å². The summed E-state index contributed by atoms with van der Waals surface area (Å²) >= 11 is 0. The molecule has 0 radical (unpaired) electrons. The van der Waals surface area contributed by atoms with Crippen LogP contribution in [0.3, 0.4) is 0 Å². The molecule has 102 valence electrons. The molecule has 3 nitrogen and oxygen atoms in total. The number of nitrogens with one attached hydrogen (secondary N) is 1. The Morgan fingerprint density at radius 3 is 2.60 bits per heavy atom. The maximum absolute atomic E-state index is 13.7. The van der Waals surface area contributed by atoms with Gasteiger partial charge in [0.15, 0.2) is 0 Å². The highest BCUT2D eigenvalue weighted by Gasteiger charge is 2.17. The molecule has 1 unspecified atom stereocenters. The van der Waals surface area contributed by atoms with E-state index in [0.717, 1.165) is 12.1 Å². The number of nitrogens with zero attached hydrogens (tertiary/aromatic N) is 1. The fourth-order valence-electron chi connectivity index (χ4n) is 1.83. The predicted octanol–water partition coefficient (Wildman–Crippen LogP) is 3.65. The van der Waals surface area contributed by atoms with E-state index >= 15 is 0 Å². The summed E-state index contributed by atoms with van der Waals surface area (Å²) in [6.07, 6.45) is 0. The van der Waals surface area contributed by atoms with Crippen molar-refractivity contribution < 1.29 is 13.5 Å². The number of hydrogen-bond acceptors (Lipinski definition) is 3. The molecular weight excluding hydrogens is 262 g/mol. The Kier molecular flexibility index (Phi) is 4.16. The standard InChI is InChI=1S/C15H12F2N2O/c1-20-15-5-3-2-4-13(15)19-14(9-18)11-7-6-10(16)8-12(11)17/h2-8,14,19H,1H3. The van der Waals surface area contributed by atoms with E-state index in [1.54, 1.807) is 24.3 Å². The molecule has 0 heterocycles. The lowest BCUT2D eigenvalue weighted by Gasteiger charge is -2.16. The van der Waals surface area contributed by atoms with Gasteiger partial charge >= 0.3 is 0 Å². The molecule has 2 aromatic carbocycles. The number of para-hydroxylation sites is 2. The Labute approximate surface area is 115 Å². The number of ether oxygens (including phenoxy) is 1. The molecule has 1 N–H and O–H groups in total. The topological polar surface area (TPSA) is 45.0 Å². The van der Waals surface area contributed by atoms with Crippen LogP contribution in [0.5, 0.6) is 5.75 Å². The lowest BCUT2D eigenvalue weighted by molar-refractivity contribution is 0.416. The zero-order valence-electron chi connectivity index (χ0n) is 10.7. The van der Waals surface area contributed by atoms with Gasteiger partial charge in [0.25, 0.3) is 0 Å². The second-order valence-electron chi connectivity index (χ2n) is 4.07. The fraction of sp³-hybridized carbons (Fsp3) is 0.133. The van der Waals surface area contributed by atoms with Crippen LogP contribution < -0.4 is 10.1 Å². The first-order chi connectivity index (χ1) is 9.65. The van der Waals surface area contributed by atoms with Gasteiger partial charge in [-0.15, -0.1) is 0 Å². The SMILES string of the molecule is COc1ccccc1NC(C#N)c1ccc(F)cc1F. The van der Waals surface area contributed by atoms with Crippen molar-refractivity contribution in [2.24, 2.45) is 0 Å². The Morgan fingerprint density at radius 1 is 1.20 bits per heavy atom. The van der Waals surface area contributed by atoms with Gasteiger partial charge in [-0.25, -0.2) is 8.78 Å². The van der Waals surface area contributed by atoms with Crippen molar-refractivity contribution in [3.8, 4) is 11.8 Å². The van der Waals surface area contributed by atoms with Crippen molar-refractivity contribution >= 4 is 5.69 Å². The minimum absolute atomic E-state index is 0.0832. The summed E-state index contributed by atoms with van der Waals surface area (Å²) in [5.74, 6) is -0.908. The molecule has 0 spiro atoms. The van der Waals surface area contributed by atoms with Crippen molar-refractivity contribution in [1.82, 2.24) is 0 Å². The molecule has 2 rings (SSSR count). The van der Waals surface area contributed by atoms with Crippen molar-refractivity contribution in [1.29, 1.82) is 5.26 Å². The minimum Gasteiger partial charge on any atom is -0.495 e. The molecule has 5 heteroatoms. The van der Waals surface area contributed by atoms with Crippen LogP contribution in [-0.4, -0.2) is 7.11 Å². The number of methoxy groups -OCH3 is 1. The number of halogens is 2. The molecule has 0 aromatic heterocycles. The first-order valence-corrected chi connectivity index (χ1v) is 5.90. The second-order valence-corrected chi connectivity index (χ2v) is 4.07. The number of anilines is 1. The third-order valence-electron chi connectivity index (χ3n) is 2.81. The van der Waals surface area contributed by atoms with Crippen LogP contribution in [0.2, 0.25) is 0 Å². The Bertz CT molecular complexity index is 653. The summed E-state index contributed by atoms with van der Waals surface area (Å²) in [4.78, 5) is 0. The van der Waals surface area contributed by atoms with Crippen LogP contribution in [0.15, 0.2) is 42.5 Å². The van der Waals surface area contributed by atoms with E-state index in [-0.39, 0.29) is 5.56 Å².